The van der Waals surface area contributed by atoms with Crippen molar-refractivity contribution in [3.8, 4) is 5.88 Å². The van der Waals surface area contributed by atoms with Gasteiger partial charge < -0.3 is 10.5 Å². The third-order valence-corrected chi connectivity index (χ3v) is 2.01. The van der Waals surface area contributed by atoms with E-state index in [4.69, 9.17) is 10.5 Å². The summed E-state index contributed by atoms with van der Waals surface area (Å²) in [6.45, 7) is 3.92. The van der Waals surface area contributed by atoms with Crippen molar-refractivity contribution < 1.29 is 4.74 Å². The fraction of sp³-hybridized carbons (Fsp3) is 0.273. The summed E-state index contributed by atoms with van der Waals surface area (Å²) >= 11 is 0. The third-order valence-electron chi connectivity index (χ3n) is 2.01. The molecule has 1 heterocycles. The first-order valence-corrected chi connectivity index (χ1v) is 4.84. The second-order valence-corrected chi connectivity index (χ2v) is 3.59. The summed E-state index contributed by atoms with van der Waals surface area (Å²) in [6.07, 6.45) is 1.56. The van der Waals surface area contributed by atoms with Gasteiger partial charge in [-0.1, -0.05) is 6.07 Å². The Bertz CT molecular complexity index is 482. The minimum absolute atomic E-state index is 0.0875. The quantitative estimate of drug-likeness (QED) is 0.758. The molecule has 0 radical (unpaired) electrons. The van der Waals surface area contributed by atoms with E-state index < -0.39 is 0 Å². The van der Waals surface area contributed by atoms with E-state index in [1.165, 1.54) is 6.33 Å². The zero-order valence-electron chi connectivity index (χ0n) is 8.77. The fourth-order valence-electron chi connectivity index (χ4n) is 1.40. The molecule has 1 aromatic carbocycles. The maximum absolute atomic E-state index is 5.81. The van der Waals surface area contributed by atoms with Crippen molar-refractivity contribution in [2.75, 3.05) is 5.73 Å². The number of nitrogens with two attached hydrogens (primary N) is 1. The number of anilines is 1. The van der Waals surface area contributed by atoms with Crippen LogP contribution in [0.25, 0.3) is 10.9 Å². The Morgan fingerprint density at radius 1 is 1.27 bits per heavy atom. The van der Waals surface area contributed by atoms with Gasteiger partial charge >= 0.3 is 0 Å². The molecule has 1 aromatic heterocycles. The number of hydrogen-bond acceptors (Lipinski definition) is 4. The number of ether oxygens (including phenoxy) is 1. The molecule has 0 saturated carbocycles. The highest BCUT2D eigenvalue weighted by atomic mass is 16.5. The first-order valence-electron chi connectivity index (χ1n) is 4.84. The Morgan fingerprint density at radius 2 is 2.07 bits per heavy atom. The molecule has 2 N–H and O–H groups in total. The number of nitrogen functional groups attached to an aromatic ring is 1. The third kappa shape index (κ3) is 1.83. The summed E-state index contributed by atoms with van der Waals surface area (Å²) in [7, 11) is 0. The number of nitrogens with zero attached hydrogens (tertiary/aromatic N) is 2. The van der Waals surface area contributed by atoms with Crippen molar-refractivity contribution in [1.29, 1.82) is 0 Å². The van der Waals surface area contributed by atoms with Crippen LogP contribution >= 0.6 is 0 Å². The molecule has 15 heavy (non-hydrogen) atoms. The Morgan fingerprint density at radius 3 is 2.80 bits per heavy atom. The molecule has 0 atom stereocenters. The van der Waals surface area contributed by atoms with E-state index >= 15 is 0 Å². The number of aromatic nitrogens is 2. The number of hydrogen-bond donors (Lipinski definition) is 1. The number of rotatable bonds is 2. The van der Waals surface area contributed by atoms with Gasteiger partial charge in [0.15, 0.2) is 0 Å². The van der Waals surface area contributed by atoms with Crippen molar-refractivity contribution in [2.45, 2.75) is 20.0 Å². The van der Waals surface area contributed by atoms with Crippen molar-refractivity contribution in [3.63, 3.8) is 0 Å². The van der Waals surface area contributed by atoms with Gasteiger partial charge in [0.2, 0.25) is 5.88 Å². The van der Waals surface area contributed by atoms with Crippen LogP contribution in [0.5, 0.6) is 5.88 Å². The molecule has 0 saturated heterocycles. The van der Waals surface area contributed by atoms with E-state index in [-0.39, 0.29) is 6.10 Å². The van der Waals surface area contributed by atoms with Gasteiger partial charge in [0.25, 0.3) is 0 Å². The summed E-state index contributed by atoms with van der Waals surface area (Å²) in [5.74, 6) is 0.585. The van der Waals surface area contributed by atoms with Crippen LogP contribution in [0.3, 0.4) is 0 Å². The molecule has 4 nitrogen and oxygen atoms in total. The normalized spacial score (nSPS) is 10.9. The summed E-state index contributed by atoms with van der Waals surface area (Å²) in [6, 6.07) is 5.59. The lowest BCUT2D eigenvalue weighted by Crippen LogP contribution is -2.07. The minimum Gasteiger partial charge on any atom is -0.474 e. The van der Waals surface area contributed by atoms with Crippen molar-refractivity contribution in [2.24, 2.45) is 0 Å². The molecule has 4 heteroatoms. The molecule has 2 aromatic rings. The number of para-hydroxylation sites is 1. The van der Waals surface area contributed by atoms with E-state index in [9.17, 15) is 0 Å². The fourth-order valence-corrected chi connectivity index (χ4v) is 1.40. The van der Waals surface area contributed by atoms with Gasteiger partial charge in [-0.2, -0.15) is 0 Å². The van der Waals surface area contributed by atoms with E-state index in [0.29, 0.717) is 11.6 Å². The van der Waals surface area contributed by atoms with Gasteiger partial charge in [-0.25, -0.2) is 9.97 Å². The number of fused-ring (bicyclic) bond motifs is 1. The molecule has 2 rings (SSSR count). The highest BCUT2D eigenvalue weighted by Gasteiger charge is 2.07. The molecule has 0 amide bonds. The molecular weight excluding hydrogens is 190 g/mol. The molecule has 0 fully saturated rings. The van der Waals surface area contributed by atoms with Gasteiger partial charge in [-0.15, -0.1) is 0 Å². The van der Waals surface area contributed by atoms with Crippen LogP contribution in [0.2, 0.25) is 0 Å². The van der Waals surface area contributed by atoms with Crippen LogP contribution in [-0.2, 0) is 0 Å². The second kappa shape index (κ2) is 3.73. The van der Waals surface area contributed by atoms with Crippen LogP contribution in [-0.4, -0.2) is 16.1 Å². The van der Waals surface area contributed by atoms with Gasteiger partial charge in [0.05, 0.1) is 17.2 Å². The maximum atomic E-state index is 5.81. The van der Waals surface area contributed by atoms with Crippen molar-refractivity contribution >= 4 is 16.6 Å². The van der Waals surface area contributed by atoms with Gasteiger partial charge in [-0.05, 0) is 26.0 Å². The maximum Gasteiger partial charge on any atom is 0.224 e. The standard InChI is InChI=1S/C11H13N3O/c1-7(2)15-11-8-4-3-5-9(12)10(8)13-6-14-11/h3-7H,12H2,1-2H3. The predicted molar refractivity (Wildman–Crippen MR) is 59.7 cm³/mol. The first-order chi connectivity index (χ1) is 7.18. The topological polar surface area (TPSA) is 61.0 Å². The SMILES string of the molecule is CC(C)Oc1ncnc2c(N)cccc12. The summed E-state index contributed by atoms with van der Waals surface area (Å²) < 4.78 is 5.58. The Kier molecular flexibility index (Phi) is 2.41. The Hall–Kier alpha value is -1.84. The lowest BCUT2D eigenvalue weighted by atomic mass is 10.2. The molecule has 0 unspecified atom stereocenters. The van der Waals surface area contributed by atoms with Crippen LogP contribution in [0.15, 0.2) is 24.5 Å². The summed E-state index contributed by atoms with van der Waals surface area (Å²) in [5, 5.41) is 0.853. The van der Waals surface area contributed by atoms with Gasteiger partial charge in [-0.3, -0.25) is 0 Å². The van der Waals surface area contributed by atoms with Crippen molar-refractivity contribution in [1.82, 2.24) is 9.97 Å². The van der Waals surface area contributed by atoms with Gasteiger partial charge in [0, 0.05) is 0 Å². The predicted octanol–water partition coefficient (Wildman–Crippen LogP) is 2.00. The average molecular weight is 203 g/mol. The van der Waals surface area contributed by atoms with Crippen LogP contribution in [0.4, 0.5) is 5.69 Å². The smallest absolute Gasteiger partial charge is 0.224 e. The number of benzene rings is 1. The lowest BCUT2D eigenvalue weighted by Gasteiger charge is -2.10. The largest absolute Gasteiger partial charge is 0.474 e. The van der Waals surface area contributed by atoms with E-state index in [1.807, 2.05) is 32.0 Å². The van der Waals surface area contributed by atoms with E-state index in [0.717, 1.165) is 10.9 Å². The first kappa shape index (κ1) is 9.71. The second-order valence-electron chi connectivity index (χ2n) is 3.59. The minimum atomic E-state index is 0.0875. The molecule has 0 spiro atoms. The lowest BCUT2D eigenvalue weighted by molar-refractivity contribution is 0.235. The van der Waals surface area contributed by atoms with E-state index in [1.54, 1.807) is 0 Å². The average Bonchev–Trinajstić information content (AvgIpc) is 2.19. The summed E-state index contributed by atoms with van der Waals surface area (Å²) in [5.41, 5.74) is 7.19. The van der Waals surface area contributed by atoms with Crippen LogP contribution in [0, 0.1) is 0 Å². The molecule has 0 aliphatic carbocycles. The zero-order valence-corrected chi connectivity index (χ0v) is 8.77. The summed E-state index contributed by atoms with van der Waals surface area (Å²) in [4.78, 5) is 8.23. The zero-order chi connectivity index (χ0) is 10.8. The van der Waals surface area contributed by atoms with E-state index in [2.05, 4.69) is 9.97 Å². The highest BCUT2D eigenvalue weighted by molar-refractivity contribution is 5.92. The monoisotopic (exact) mass is 203 g/mol. The van der Waals surface area contributed by atoms with Crippen LogP contribution < -0.4 is 10.5 Å². The Labute approximate surface area is 88.1 Å². The molecule has 78 valence electrons. The molecule has 0 aliphatic heterocycles. The van der Waals surface area contributed by atoms with Gasteiger partial charge in [0.1, 0.15) is 11.8 Å². The van der Waals surface area contributed by atoms with Crippen molar-refractivity contribution in [3.05, 3.63) is 24.5 Å². The Balaban J connectivity index is 2.61. The highest BCUT2D eigenvalue weighted by Crippen LogP contribution is 2.25. The molecule has 0 bridgehead atoms. The van der Waals surface area contributed by atoms with Crippen LogP contribution in [0.1, 0.15) is 13.8 Å². The molecule has 0 aliphatic rings. The molecular formula is C11H13N3O.